The summed E-state index contributed by atoms with van der Waals surface area (Å²) in [6, 6.07) is 19.2. The minimum atomic E-state index is -0.371. The summed E-state index contributed by atoms with van der Waals surface area (Å²) in [5, 5.41) is 14.2. The smallest absolute Gasteiger partial charge is 0.262 e. The third-order valence-electron chi connectivity index (χ3n) is 7.18. The topological polar surface area (TPSA) is 98.0 Å². The minimum Gasteiger partial charge on any atom is -0.262 e. The second kappa shape index (κ2) is 17.2. The number of likely N-dealkylation sites (N-methyl/N-ethyl adjacent to an activating group) is 1. The average Bonchev–Trinajstić information content (AvgIpc) is 2.93. The van der Waals surface area contributed by atoms with E-state index in [1.165, 1.54) is 29.3 Å². The van der Waals surface area contributed by atoms with Crippen LogP contribution in [0.25, 0.3) is 0 Å². The molecule has 0 aliphatic heterocycles. The van der Waals surface area contributed by atoms with E-state index in [1.807, 2.05) is 60.7 Å². The predicted molar refractivity (Wildman–Crippen MR) is 142 cm³/mol. The van der Waals surface area contributed by atoms with Crippen molar-refractivity contribution in [2.75, 3.05) is 26.7 Å². The van der Waals surface area contributed by atoms with Crippen molar-refractivity contribution in [2.45, 2.75) is 63.5 Å². The Hall–Kier alpha value is -2.36. The molecule has 9 nitrogen and oxygen atoms in total. The molecule has 1 aliphatic carbocycles. The van der Waals surface area contributed by atoms with Gasteiger partial charge in [-0.25, -0.2) is 0 Å². The molecule has 1 aliphatic rings. The van der Waals surface area contributed by atoms with Gasteiger partial charge in [-0.3, -0.25) is 15.0 Å². The van der Waals surface area contributed by atoms with Gasteiger partial charge in [0.1, 0.15) is 0 Å². The molecule has 3 rings (SSSR count). The molecule has 0 unspecified atom stereocenters. The molecule has 2 aromatic rings. The molecule has 2 aromatic carbocycles. The number of benzene rings is 2. The zero-order valence-corrected chi connectivity index (χ0v) is 24.2. The maximum absolute atomic E-state index is 12.1. The first-order chi connectivity index (χ1) is 17.6. The van der Waals surface area contributed by atoms with Crippen molar-refractivity contribution in [2.24, 2.45) is 21.8 Å². The summed E-state index contributed by atoms with van der Waals surface area (Å²) in [6.07, 6.45) is 7.89. The van der Waals surface area contributed by atoms with E-state index in [1.54, 1.807) is 12.1 Å². The summed E-state index contributed by atoms with van der Waals surface area (Å²) in [6.45, 7) is 0.986. The van der Waals surface area contributed by atoms with Crippen LogP contribution in [-0.4, -0.2) is 53.8 Å². The summed E-state index contributed by atoms with van der Waals surface area (Å²) < 4.78 is 0. The van der Waals surface area contributed by atoms with Gasteiger partial charge in [0.25, 0.3) is 0 Å². The van der Waals surface area contributed by atoms with Crippen molar-refractivity contribution in [1.82, 2.24) is 15.0 Å². The Bertz CT molecular complexity index is 917. The molecule has 0 heterocycles. The summed E-state index contributed by atoms with van der Waals surface area (Å²) in [5.74, 6) is 0.491. The third-order valence-corrected chi connectivity index (χ3v) is 7.18. The first-order valence-corrected chi connectivity index (χ1v) is 12.9. The number of hydrogen-bond donors (Lipinski definition) is 0. The largest absolute Gasteiger partial charge is 1.00 e. The molecule has 2 atom stereocenters. The van der Waals surface area contributed by atoms with Crippen molar-refractivity contribution in [3.63, 3.8) is 0 Å². The number of rotatable bonds is 16. The van der Waals surface area contributed by atoms with E-state index < -0.39 is 0 Å². The normalized spacial score (nSPS) is 15.1. The van der Waals surface area contributed by atoms with E-state index >= 15 is 0 Å². The zero-order valence-electron chi connectivity index (χ0n) is 22.2. The SMILES string of the molecule is CN(C[C@H](Cc1ccccc1)N(C[C@H](CC1CCCCC1)N(CCc1ccccc1)N=O)N=O)N=O.[Na+]. The summed E-state index contributed by atoms with van der Waals surface area (Å²) in [5.41, 5.74) is 2.17. The molecule has 0 N–H and O–H groups in total. The van der Waals surface area contributed by atoms with E-state index in [9.17, 15) is 14.7 Å². The summed E-state index contributed by atoms with van der Waals surface area (Å²) in [7, 11) is 1.59. The predicted octanol–water partition coefficient (Wildman–Crippen LogP) is 2.76. The van der Waals surface area contributed by atoms with Crippen LogP contribution >= 0.6 is 0 Å². The molecular weight excluding hydrogens is 479 g/mol. The molecule has 0 bridgehead atoms. The third kappa shape index (κ3) is 10.5. The van der Waals surface area contributed by atoms with Gasteiger partial charge in [0, 0.05) is 13.6 Å². The van der Waals surface area contributed by atoms with Crippen LogP contribution in [0.4, 0.5) is 0 Å². The van der Waals surface area contributed by atoms with Crippen molar-refractivity contribution in [3.05, 3.63) is 86.5 Å². The second-order valence-electron chi connectivity index (χ2n) is 9.84. The Labute approximate surface area is 242 Å². The molecule has 0 aromatic heterocycles. The van der Waals surface area contributed by atoms with E-state index in [4.69, 9.17) is 0 Å². The Kier molecular flexibility index (Phi) is 14.4. The Morgan fingerprint density at radius 1 is 0.757 bits per heavy atom. The van der Waals surface area contributed by atoms with Crippen LogP contribution in [-0.2, 0) is 12.8 Å². The Morgan fingerprint density at radius 2 is 1.35 bits per heavy atom. The molecular formula is C27H38N6NaO3+. The Morgan fingerprint density at radius 3 is 1.92 bits per heavy atom. The van der Waals surface area contributed by atoms with Gasteiger partial charge >= 0.3 is 29.6 Å². The van der Waals surface area contributed by atoms with Crippen molar-refractivity contribution in [1.29, 1.82) is 0 Å². The van der Waals surface area contributed by atoms with E-state index in [0.717, 1.165) is 30.4 Å². The Balaban J connectivity index is 0.00000481. The van der Waals surface area contributed by atoms with Crippen LogP contribution in [0.1, 0.15) is 49.7 Å². The van der Waals surface area contributed by atoms with Crippen LogP contribution in [0.2, 0.25) is 0 Å². The van der Waals surface area contributed by atoms with Crippen molar-refractivity contribution >= 4 is 0 Å². The first kappa shape index (κ1) is 30.9. The molecule has 194 valence electrons. The van der Waals surface area contributed by atoms with Gasteiger partial charge in [0.05, 0.1) is 41.0 Å². The van der Waals surface area contributed by atoms with E-state index in [2.05, 4.69) is 15.9 Å². The summed E-state index contributed by atoms with van der Waals surface area (Å²) in [4.78, 5) is 35.3. The van der Waals surface area contributed by atoms with Crippen molar-refractivity contribution < 1.29 is 29.6 Å². The number of hydrogen-bond acceptors (Lipinski definition) is 6. The molecule has 37 heavy (non-hydrogen) atoms. The second-order valence-corrected chi connectivity index (χ2v) is 9.84. The molecule has 1 fully saturated rings. The van der Waals surface area contributed by atoms with Gasteiger partial charge in [0.15, 0.2) is 0 Å². The zero-order chi connectivity index (χ0) is 25.6. The maximum Gasteiger partial charge on any atom is 1.00 e. The van der Waals surface area contributed by atoms with E-state index in [0.29, 0.717) is 25.3 Å². The van der Waals surface area contributed by atoms with Gasteiger partial charge in [-0.15, -0.1) is 14.7 Å². The fourth-order valence-corrected chi connectivity index (χ4v) is 5.23. The van der Waals surface area contributed by atoms with Crippen LogP contribution in [0.3, 0.4) is 0 Å². The minimum absolute atomic E-state index is 0. The van der Waals surface area contributed by atoms with Gasteiger partial charge in [-0.1, -0.05) is 92.8 Å². The van der Waals surface area contributed by atoms with Crippen LogP contribution < -0.4 is 29.6 Å². The summed E-state index contributed by atoms with van der Waals surface area (Å²) >= 11 is 0. The number of nitrogens with zero attached hydrogens (tertiary/aromatic N) is 6. The monoisotopic (exact) mass is 517 g/mol. The molecule has 0 spiro atoms. The van der Waals surface area contributed by atoms with Crippen LogP contribution in [0.15, 0.2) is 76.5 Å². The van der Waals surface area contributed by atoms with Gasteiger partial charge in [-0.05, 0) is 36.3 Å². The van der Waals surface area contributed by atoms with Crippen LogP contribution in [0, 0.1) is 20.6 Å². The maximum atomic E-state index is 12.1. The number of nitroso groups, excluding NO2 is 3. The van der Waals surface area contributed by atoms with Crippen LogP contribution in [0.5, 0.6) is 0 Å². The fraction of sp³-hybridized carbons (Fsp3) is 0.556. The van der Waals surface area contributed by atoms with Gasteiger partial charge in [-0.2, -0.15) is 0 Å². The molecule has 1 saturated carbocycles. The van der Waals surface area contributed by atoms with Gasteiger partial charge in [0.2, 0.25) is 0 Å². The van der Waals surface area contributed by atoms with Crippen molar-refractivity contribution in [3.8, 4) is 0 Å². The first-order valence-electron chi connectivity index (χ1n) is 12.9. The van der Waals surface area contributed by atoms with E-state index in [-0.39, 0.29) is 54.7 Å². The average molecular weight is 518 g/mol. The molecule has 0 amide bonds. The molecule has 10 heteroatoms. The molecule has 0 radical (unpaired) electrons. The molecule has 0 saturated heterocycles. The standard InChI is InChI=1S/C27H38N6O3.Na/c1-31(28-34)21-26(19-24-13-7-3-8-14-24)33(30-36)22-27(20-25-15-9-4-10-16-25)32(29-35)18-17-23-11-5-2-6-12-23;/h2-3,5-8,11-14,25-27H,4,9-10,15-22H2,1H3;/q;+1/t26-,27-;/m0./s1. The van der Waals surface area contributed by atoms with Gasteiger partial charge < -0.3 is 0 Å². The quantitative estimate of drug-likeness (QED) is 0.193. The fourth-order valence-electron chi connectivity index (χ4n) is 5.23.